The fraction of sp³-hybridized carbons (Fsp3) is 0.368. The van der Waals surface area contributed by atoms with Crippen molar-refractivity contribution in [3.05, 3.63) is 52.8 Å². The van der Waals surface area contributed by atoms with Gasteiger partial charge >= 0.3 is 0 Å². The minimum absolute atomic E-state index is 0.0831. The second-order valence-electron chi connectivity index (χ2n) is 6.67. The van der Waals surface area contributed by atoms with Gasteiger partial charge in [0.25, 0.3) is 0 Å². The van der Waals surface area contributed by atoms with E-state index in [4.69, 9.17) is 0 Å². The number of rotatable bonds is 6. The number of hydrogen-bond acceptors (Lipinski definition) is 5. The molecule has 0 radical (unpaired) electrons. The molecule has 0 bridgehead atoms. The van der Waals surface area contributed by atoms with Gasteiger partial charge in [-0.15, -0.1) is 5.10 Å². The van der Waals surface area contributed by atoms with E-state index in [0.717, 1.165) is 22.6 Å². The Kier molecular flexibility index (Phi) is 5.27. The van der Waals surface area contributed by atoms with Gasteiger partial charge < -0.3 is 4.57 Å². The lowest BCUT2D eigenvalue weighted by Gasteiger charge is -2.10. The number of thioether (sulfide) groups is 1. The molecule has 136 valence electrons. The summed E-state index contributed by atoms with van der Waals surface area (Å²) in [5, 5.41) is 12.4. The third-order valence-corrected chi connectivity index (χ3v) is 5.24. The third-order valence-electron chi connectivity index (χ3n) is 4.31. The van der Waals surface area contributed by atoms with Crippen molar-refractivity contribution in [2.75, 3.05) is 5.75 Å². The second kappa shape index (κ2) is 7.45. The number of carbonyl (C=O) groups is 1. The van der Waals surface area contributed by atoms with Crippen LogP contribution in [0.4, 0.5) is 0 Å². The molecule has 2 heterocycles. The number of hydrogen-bond donors (Lipinski definition) is 0. The zero-order valence-corrected chi connectivity index (χ0v) is 16.5. The SMILES string of the molecule is Cc1ccc(-n2c(C)cc(C(=O)CSc3nnnn3C(C)C)c2C)cc1. The number of aromatic nitrogens is 5. The summed E-state index contributed by atoms with van der Waals surface area (Å²) in [5.41, 5.74) is 5.04. The first-order valence-electron chi connectivity index (χ1n) is 8.58. The average molecular weight is 369 g/mol. The molecule has 0 amide bonds. The van der Waals surface area contributed by atoms with E-state index in [9.17, 15) is 4.79 Å². The molecule has 0 fully saturated rings. The van der Waals surface area contributed by atoms with E-state index in [-0.39, 0.29) is 11.8 Å². The van der Waals surface area contributed by atoms with Crippen LogP contribution in [0.25, 0.3) is 5.69 Å². The molecule has 3 aromatic rings. The van der Waals surface area contributed by atoms with Crippen LogP contribution in [0.1, 0.15) is 47.2 Å². The molecule has 0 N–H and O–H groups in total. The van der Waals surface area contributed by atoms with Gasteiger partial charge in [-0.1, -0.05) is 29.5 Å². The standard InChI is InChI=1S/C19H23N5OS/c1-12(2)24-19(20-21-22-24)26-11-18(25)17-10-14(4)23(15(17)5)16-8-6-13(3)7-9-16/h6-10,12H,11H2,1-5H3. The minimum atomic E-state index is 0.0831. The van der Waals surface area contributed by atoms with Gasteiger partial charge in [0.15, 0.2) is 5.78 Å². The van der Waals surface area contributed by atoms with Gasteiger partial charge in [-0.2, -0.15) is 0 Å². The van der Waals surface area contributed by atoms with Crippen LogP contribution < -0.4 is 0 Å². The van der Waals surface area contributed by atoms with Crippen molar-refractivity contribution in [2.45, 2.75) is 45.8 Å². The zero-order chi connectivity index (χ0) is 18.8. The fourth-order valence-corrected chi connectivity index (χ4v) is 3.84. The van der Waals surface area contributed by atoms with E-state index in [1.165, 1.54) is 17.3 Å². The molecule has 0 aliphatic heterocycles. The maximum absolute atomic E-state index is 12.8. The first-order valence-corrected chi connectivity index (χ1v) is 9.57. The van der Waals surface area contributed by atoms with Crippen molar-refractivity contribution in [2.24, 2.45) is 0 Å². The molecular weight excluding hydrogens is 346 g/mol. The lowest BCUT2D eigenvalue weighted by molar-refractivity contribution is 0.102. The second-order valence-corrected chi connectivity index (χ2v) is 7.61. The smallest absolute Gasteiger partial charge is 0.209 e. The van der Waals surface area contributed by atoms with Crippen LogP contribution in [-0.2, 0) is 0 Å². The summed E-state index contributed by atoms with van der Waals surface area (Å²) in [6, 6.07) is 10.4. The number of nitrogens with zero attached hydrogens (tertiary/aromatic N) is 5. The molecule has 7 heteroatoms. The summed E-state index contributed by atoms with van der Waals surface area (Å²) >= 11 is 1.37. The van der Waals surface area contributed by atoms with Crippen LogP contribution in [0, 0.1) is 20.8 Å². The molecule has 0 atom stereocenters. The molecule has 0 saturated heterocycles. The van der Waals surface area contributed by atoms with Gasteiger partial charge in [-0.3, -0.25) is 4.79 Å². The first-order chi connectivity index (χ1) is 12.4. The van der Waals surface area contributed by atoms with Crippen molar-refractivity contribution in [1.82, 2.24) is 24.8 Å². The molecule has 0 spiro atoms. The zero-order valence-electron chi connectivity index (χ0n) is 15.7. The number of carbonyl (C=O) groups excluding carboxylic acids is 1. The van der Waals surface area contributed by atoms with Crippen LogP contribution >= 0.6 is 11.8 Å². The van der Waals surface area contributed by atoms with Crippen LogP contribution in [0.5, 0.6) is 0 Å². The van der Waals surface area contributed by atoms with Crippen molar-refractivity contribution in [1.29, 1.82) is 0 Å². The summed E-state index contributed by atoms with van der Waals surface area (Å²) in [6.07, 6.45) is 0. The molecule has 1 aromatic carbocycles. The Labute approximate surface area is 157 Å². The maximum atomic E-state index is 12.8. The third kappa shape index (κ3) is 3.58. The number of tetrazole rings is 1. The Hall–Kier alpha value is -2.41. The molecular formula is C19H23N5OS. The summed E-state index contributed by atoms with van der Waals surface area (Å²) < 4.78 is 3.85. The molecule has 0 unspecified atom stereocenters. The molecule has 6 nitrogen and oxygen atoms in total. The normalized spacial score (nSPS) is 11.3. The van der Waals surface area contributed by atoms with Crippen LogP contribution in [0.3, 0.4) is 0 Å². The molecule has 0 aliphatic rings. The first kappa shape index (κ1) is 18.4. The van der Waals surface area contributed by atoms with Gasteiger partial charge in [-0.25, -0.2) is 4.68 Å². The highest BCUT2D eigenvalue weighted by Gasteiger charge is 2.18. The van der Waals surface area contributed by atoms with Crippen molar-refractivity contribution >= 4 is 17.5 Å². The number of aryl methyl sites for hydroxylation is 2. The lowest BCUT2D eigenvalue weighted by Crippen LogP contribution is -2.08. The van der Waals surface area contributed by atoms with Crippen molar-refractivity contribution in [3.8, 4) is 5.69 Å². The summed E-state index contributed by atoms with van der Waals surface area (Å²) in [5.74, 6) is 0.394. The number of benzene rings is 1. The highest BCUT2D eigenvalue weighted by Crippen LogP contribution is 2.24. The number of Topliss-reactive ketones (excluding diaryl/α,β-unsaturated/α-hetero) is 1. The van der Waals surface area contributed by atoms with E-state index in [0.29, 0.717) is 10.9 Å². The van der Waals surface area contributed by atoms with Crippen LogP contribution in [0.15, 0.2) is 35.5 Å². The van der Waals surface area contributed by atoms with Gasteiger partial charge in [0.2, 0.25) is 5.16 Å². The van der Waals surface area contributed by atoms with Gasteiger partial charge in [0.05, 0.1) is 11.8 Å². The summed E-state index contributed by atoms with van der Waals surface area (Å²) in [6.45, 7) is 10.1. The van der Waals surface area contributed by atoms with Crippen LogP contribution in [0.2, 0.25) is 0 Å². The van der Waals surface area contributed by atoms with Gasteiger partial charge in [0, 0.05) is 22.6 Å². The fourth-order valence-electron chi connectivity index (χ4n) is 2.95. The summed E-state index contributed by atoms with van der Waals surface area (Å²) in [4.78, 5) is 12.8. The van der Waals surface area contributed by atoms with E-state index in [1.807, 2.05) is 33.8 Å². The molecule has 0 aliphatic carbocycles. The van der Waals surface area contributed by atoms with Crippen LogP contribution in [-0.4, -0.2) is 36.3 Å². The van der Waals surface area contributed by atoms with E-state index < -0.39 is 0 Å². The topological polar surface area (TPSA) is 65.6 Å². The Morgan fingerprint density at radius 2 is 1.85 bits per heavy atom. The largest absolute Gasteiger partial charge is 0.318 e. The Morgan fingerprint density at radius 3 is 2.50 bits per heavy atom. The highest BCUT2D eigenvalue weighted by molar-refractivity contribution is 7.99. The Balaban J connectivity index is 1.81. The average Bonchev–Trinajstić information content (AvgIpc) is 3.18. The Bertz CT molecular complexity index is 924. The van der Waals surface area contributed by atoms with Crippen molar-refractivity contribution < 1.29 is 4.79 Å². The minimum Gasteiger partial charge on any atom is -0.318 e. The molecule has 3 rings (SSSR count). The lowest BCUT2D eigenvalue weighted by atomic mass is 10.2. The monoisotopic (exact) mass is 369 g/mol. The number of ketones is 1. The van der Waals surface area contributed by atoms with Gasteiger partial charge in [-0.05, 0) is 63.2 Å². The van der Waals surface area contributed by atoms with E-state index in [1.54, 1.807) is 4.68 Å². The van der Waals surface area contributed by atoms with E-state index in [2.05, 4.69) is 51.3 Å². The Morgan fingerprint density at radius 1 is 1.15 bits per heavy atom. The van der Waals surface area contributed by atoms with Crippen molar-refractivity contribution in [3.63, 3.8) is 0 Å². The highest BCUT2D eigenvalue weighted by atomic mass is 32.2. The molecule has 26 heavy (non-hydrogen) atoms. The van der Waals surface area contributed by atoms with Gasteiger partial charge in [0.1, 0.15) is 0 Å². The van der Waals surface area contributed by atoms with E-state index >= 15 is 0 Å². The summed E-state index contributed by atoms with van der Waals surface area (Å²) in [7, 11) is 0. The molecule has 0 saturated carbocycles. The predicted octanol–water partition coefficient (Wildman–Crippen LogP) is 3.94. The molecule has 2 aromatic heterocycles. The quantitative estimate of drug-likeness (QED) is 0.486. The predicted molar refractivity (Wildman–Crippen MR) is 103 cm³/mol. The maximum Gasteiger partial charge on any atom is 0.209 e.